The SMILES string of the molecule is O=C1C(=O)C2CCC[N-]C2C2[N-]CC=CC12.O=C1C(=O)C2CCC[N-]C2C2[N-]CCCC12.O=C1C(=O)C2CCC[N-]C2C2[N-]CCCC12.[Fe+2]. The molecule has 6 aliphatic heterocycles. The van der Waals surface area contributed by atoms with E-state index in [-0.39, 0.29) is 124 Å². The third kappa shape index (κ3) is 7.11. The second-order valence-corrected chi connectivity index (χ2v) is 14.7. The first kappa shape index (κ1) is 36.8. The Hall–Kier alpha value is -1.96. The molecule has 5 saturated heterocycles. The van der Waals surface area contributed by atoms with Crippen molar-refractivity contribution in [3.63, 3.8) is 0 Å². The maximum Gasteiger partial charge on any atom is 2.00 e. The van der Waals surface area contributed by atoms with Gasteiger partial charge >= 0.3 is 17.1 Å². The van der Waals surface area contributed by atoms with Crippen molar-refractivity contribution in [2.24, 2.45) is 35.5 Å². The number of Topliss-reactive ketones (excluding diaryl/α,β-unsaturated/α-hetero) is 6. The van der Waals surface area contributed by atoms with E-state index in [1.54, 1.807) is 0 Å². The molecule has 0 aromatic heterocycles. The Labute approximate surface area is 299 Å². The van der Waals surface area contributed by atoms with Crippen LogP contribution in [0.1, 0.15) is 64.2 Å². The van der Waals surface area contributed by atoms with Gasteiger partial charge in [-0.3, -0.25) is 28.8 Å². The van der Waals surface area contributed by atoms with E-state index in [2.05, 4.69) is 31.9 Å². The van der Waals surface area contributed by atoms with E-state index in [4.69, 9.17) is 0 Å². The third-order valence-corrected chi connectivity index (χ3v) is 12.0. The maximum absolute atomic E-state index is 12.0. The van der Waals surface area contributed by atoms with Crippen LogP contribution in [0.2, 0.25) is 0 Å². The van der Waals surface area contributed by atoms with Crippen molar-refractivity contribution < 1.29 is 45.8 Å². The Morgan fingerprint density at radius 2 is 0.673 bits per heavy atom. The number of ketones is 6. The molecule has 268 valence electrons. The molecule has 12 atom stereocenters. The summed E-state index contributed by atoms with van der Waals surface area (Å²) in [5.41, 5.74) is 0. The van der Waals surface area contributed by atoms with Gasteiger partial charge in [-0.25, -0.2) is 0 Å². The predicted molar refractivity (Wildman–Crippen MR) is 178 cm³/mol. The monoisotopic (exact) mass is 714 g/mol. The molecule has 8 fully saturated rings. The zero-order chi connectivity index (χ0) is 33.4. The van der Waals surface area contributed by atoms with Crippen LogP contribution in [0.5, 0.6) is 0 Å². The second kappa shape index (κ2) is 16.2. The van der Waals surface area contributed by atoms with E-state index in [1.165, 1.54) is 0 Å². The van der Waals surface area contributed by atoms with Crippen molar-refractivity contribution >= 4 is 34.7 Å². The Morgan fingerprint density at radius 1 is 0.388 bits per heavy atom. The summed E-state index contributed by atoms with van der Waals surface area (Å²) in [6.45, 7) is 4.80. The van der Waals surface area contributed by atoms with Crippen LogP contribution >= 0.6 is 0 Å². The van der Waals surface area contributed by atoms with Gasteiger partial charge in [-0.05, 0) is 32.1 Å². The summed E-state index contributed by atoms with van der Waals surface area (Å²) in [4.78, 5) is 71.7. The quantitative estimate of drug-likeness (QED) is 0.206. The van der Waals surface area contributed by atoms with Crippen molar-refractivity contribution in [1.82, 2.24) is 0 Å². The van der Waals surface area contributed by atoms with Gasteiger partial charge in [-0.15, -0.1) is 81.6 Å². The molecule has 0 amide bonds. The molecular formula is C36H46FeN6O6-4. The fourth-order valence-corrected chi connectivity index (χ4v) is 9.67. The van der Waals surface area contributed by atoms with Gasteiger partial charge in [-0.2, -0.15) is 0 Å². The zero-order valence-corrected chi connectivity index (χ0v) is 29.0. The number of carbonyl (C=O) groups excluding carboxylic acids is 6. The molecule has 12 nitrogen and oxygen atoms in total. The first-order valence-electron chi connectivity index (χ1n) is 18.3. The van der Waals surface area contributed by atoms with Crippen molar-refractivity contribution in [2.45, 2.75) is 100 Å². The number of piperidine rings is 5. The molecule has 3 saturated carbocycles. The molecule has 0 radical (unpaired) electrons. The number of hydrogen-bond donors (Lipinski definition) is 0. The van der Waals surface area contributed by atoms with Crippen LogP contribution in [0, 0.1) is 35.5 Å². The number of carbonyl (C=O) groups is 6. The Bertz CT molecular complexity index is 1210. The normalized spacial score (nSPS) is 42.5. The van der Waals surface area contributed by atoms with E-state index in [0.29, 0.717) is 6.54 Å². The molecule has 0 N–H and O–H groups in total. The summed E-state index contributed by atoms with van der Waals surface area (Å²) in [7, 11) is 0. The Morgan fingerprint density at radius 3 is 1.00 bits per heavy atom. The third-order valence-electron chi connectivity index (χ3n) is 12.0. The summed E-state index contributed by atoms with van der Waals surface area (Å²) in [5.74, 6) is -2.21. The first-order valence-corrected chi connectivity index (χ1v) is 18.3. The predicted octanol–water partition coefficient (Wildman–Crippen LogP) is 4.10. The van der Waals surface area contributed by atoms with Crippen LogP contribution in [0.4, 0.5) is 0 Å². The molecule has 6 heterocycles. The van der Waals surface area contributed by atoms with Gasteiger partial charge in [0.1, 0.15) is 0 Å². The van der Waals surface area contributed by atoms with E-state index in [0.717, 1.165) is 96.9 Å². The molecule has 13 heteroatoms. The molecule has 3 aliphatic carbocycles. The number of hydrogen-bond acceptors (Lipinski definition) is 6. The zero-order valence-electron chi connectivity index (χ0n) is 27.9. The molecule has 0 aromatic rings. The molecule has 0 spiro atoms. The van der Waals surface area contributed by atoms with Crippen LogP contribution in [-0.2, 0) is 45.8 Å². The van der Waals surface area contributed by atoms with Gasteiger partial charge in [0.05, 0.1) is 0 Å². The van der Waals surface area contributed by atoms with Crippen LogP contribution in [0.15, 0.2) is 12.2 Å². The minimum Gasteiger partial charge on any atom is -0.660 e. The van der Waals surface area contributed by atoms with Gasteiger partial charge in [0.2, 0.25) is 11.6 Å². The fourth-order valence-electron chi connectivity index (χ4n) is 9.67. The van der Waals surface area contributed by atoms with Crippen molar-refractivity contribution in [3.8, 4) is 0 Å². The molecule has 0 aromatic carbocycles. The molecule has 0 bridgehead atoms. The van der Waals surface area contributed by atoms with Crippen LogP contribution < -0.4 is 0 Å². The average molecular weight is 715 g/mol. The topological polar surface area (TPSA) is 187 Å². The summed E-state index contributed by atoms with van der Waals surface area (Å²) >= 11 is 0. The second-order valence-electron chi connectivity index (χ2n) is 14.7. The van der Waals surface area contributed by atoms with Gasteiger partial charge < -0.3 is 31.9 Å². The van der Waals surface area contributed by atoms with Crippen LogP contribution in [0.25, 0.3) is 31.9 Å². The van der Waals surface area contributed by atoms with Crippen molar-refractivity contribution in [3.05, 3.63) is 44.1 Å². The molecule has 49 heavy (non-hydrogen) atoms. The van der Waals surface area contributed by atoms with E-state index in [1.807, 2.05) is 12.2 Å². The van der Waals surface area contributed by atoms with E-state index >= 15 is 0 Å². The summed E-state index contributed by atoms with van der Waals surface area (Å²) in [6, 6.07) is -0.0311. The van der Waals surface area contributed by atoms with E-state index in [9.17, 15) is 28.8 Å². The summed E-state index contributed by atoms with van der Waals surface area (Å²) in [6.07, 6.45) is 12.5. The van der Waals surface area contributed by atoms with Gasteiger partial charge in [-0.1, -0.05) is 38.2 Å². The van der Waals surface area contributed by atoms with Gasteiger partial charge in [0, 0.05) is 35.5 Å². The molecular weight excluding hydrogens is 668 g/mol. The molecule has 12 unspecified atom stereocenters. The molecule has 9 aliphatic rings. The minimum atomic E-state index is -0.329. The van der Waals surface area contributed by atoms with Crippen molar-refractivity contribution in [2.75, 3.05) is 39.3 Å². The first-order chi connectivity index (χ1) is 23.4. The van der Waals surface area contributed by atoms with Crippen LogP contribution in [0.3, 0.4) is 0 Å². The minimum absolute atomic E-state index is 0. The summed E-state index contributed by atoms with van der Waals surface area (Å²) < 4.78 is 0. The summed E-state index contributed by atoms with van der Waals surface area (Å²) in [5, 5.41) is 27.2. The number of rotatable bonds is 0. The number of fused-ring (bicyclic) bond motifs is 9. The standard InChI is InChI=1S/2C12H16N2O2.C12H14N2O2.Fe/c3*15-11-7-3-1-5-13-9(7)10-8(12(11)16)4-2-6-14-10;/h2*7-10H,1-6H2;1,3,7-10H,2,4-6H2;/q3*-2;+2. The van der Waals surface area contributed by atoms with Crippen molar-refractivity contribution in [1.29, 1.82) is 0 Å². The van der Waals surface area contributed by atoms with Gasteiger partial charge in [0.15, 0.2) is 23.1 Å². The average Bonchev–Trinajstić information content (AvgIpc) is 3.15. The smallest absolute Gasteiger partial charge is 0.660 e. The Kier molecular flexibility index (Phi) is 12.1. The fraction of sp³-hybridized carbons (Fsp3) is 0.778. The molecule has 9 rings (SSSR count). The Balaban J connectivity index is 0.000000126. The maximum atomic E-state index is 12.0. The van der Waals surface area contributed by atoms with E-state index < -0.39 is 0 Å². The number of nitrogens with zero attached hydrogens (tertiary/aromatic N) is 6. The van der Waals surface area contributed by atoms with Gasteiger partial charge in [0.25, 0.3) is 0 Å². The van der Waals surface area contributed by atoms with Crippen LogP contribution in [-0.4, -0.2) is 110 Å². The largest absolute Gasteiger partial charge is 2.00 e.